The zero-order chi connectivity index (χ0) is 15.8. The first-order chi connectivity index (χ1) is 9.70. The number of benzene rings is 1. The molecule has 0 aliphatic carbocycles. The second kappa shape index (κ2) is 5.44. The standard InChI is InChI=1S/C15H19N3O2S/c1-9(12(19)17-15(2,3)4)18-13(20)10-7-5-6-8-11(10)16-14(18)21/h5-9H,1-4H3,(H,16,21)(H,17,19). The fourth-order valence-corrected chi connectivity index (χ4v) is 2.47. The minimum atomic E-state index is -0.676. The predicted molar refractivity (Wildman–Crippen MR) is 86.0 cm³/mol. The number of nitrogens with one attached hydrogen (secondary N) is 2. The van der Waals surface area contributed by atoms with Crippen LogP contribution < -0.4 is 10.9 Å². The van der Waals surface area contributed by atoms with E-state index < -0.39 is 6.04 Å². The molecule has 0 fully saturated rings. The molecule has 0 saturated heterocycles. The monoisotopic (exact) mass is 305 g/mol. The van der Waals surface area contributed by atoms with Gasteiger partial charge >= 0.3 is 0 Å². The van der Waals surface area contributed by atoms with Crippen LogP contribution in [0.1, 0.15) is 33.7 Å². The van der Waals surface area contributed by atoms with Crippen molar-refractivity contribution in [2.24, 2.45) is 0 Å². The Balaban J connectivity index is 2.54. The predicted octanol–water partition coefficient (Wildman–Crippen LogP) is 2.53. The fraction of sp³-hybridized carbons (Fsp3) is 0.400. The molecule has 0 bridgehead atoms. The lowest BCUT2D eigenvalue weighted by molar-refractivity contribution is -0.125. The van der Waals surface area contributed by atoms with E-state index in [1.807, 2.05) is 26.8 Å². The van der Waals surface area contributed by atoms with Gasteiger partial charge in [0.25, 0.3) is 5.56 Å². The zero-order valence-corrected chi connectivity index (χ0v) is 13.4. The SMILES string of the molecule is CC(C(=O)NC(C)(C)C)n1c(=S)[nH]c2ccccc2c1=O. The van der Waals surface area contributed by atoms with Crippen LogP contribution in [0.2, 0.25) is 0 Å². The van der Waals surface area contributed by atoms with Crippen LogP contribution in [0.5, 0.6) is 0 Å². The van der Waals surface area contributed by atoms with Gasteiger partial charge in [-0.1, -0.05) is 12.1 Å². The molecule has 0 aliphatic heterocycles. The maximum atomic E-state index is 12.6. The fourth-order valence-electron chi connectivity index (χ4n) is 2.12. The third-order valence-electron chi connectivity index (χ3n) is 3.10. The number of fused-ring (bicyclic) bond motifs is 1. The maximum Gasteiger partial charge on any atom is 0.262 e. The number of hydrogen-bond acceptors (Lipinski definition) is 3. The molecule has 0 radical (unpaired) electrons. The topological polar surface area (TPSA) is 66.9 Å². The highest BCUT2D eigenvalue weighted by molar-refractivity contribution is 7.71. The van der Waals surface area contributed by atoms with Crippen molar-refractivity contribution >= 4 is 29.0 Å². The minimum absolute atomic E-state index is 0.237. The largest absolute Gasteiger partial charge is 0.350 e. The molecular formula is C15H19N3O2S. The van der Waals surface area contributed by atoms with Crippen LogP contribution in [0, 0.1) is 4.77 Å². The van der Waals surface area contributed by atoms with E-state index in [1.165, 1.54) is 4.57 Å². The molecule has 1 atom stereocenters. The van der Waals surface area contributed by atoms with Crippen molar-refractivity contribution in [3.63, 3.8) is 0 Å². The average molecular weight is 305 g/mol. The summed E-state index contributed by atoms with van der Waals surface area (Å²) >= 11 is 5.23. The van der Waals surface area contributed by atoms with Gasteiger partial charge in [0, 0.05) is 5.54 Å². The normalized spacial score (nSPS) is 13.1. The van der Waals surface area contributed by atoms with E-state index in [9.17, 15) is 9.59 Å². The Morgan fingerprint density at radius 2 is 1.95 bits per heavy atom. The van der Waals surface area contributed by atoms with Gasteiger partial charge in [-0.15, -0.1) is 0 Å². The molecule has 1 amide bonds. The van der Waals surface area contributed by atoms with E-state index in [4.69, 9.17) is 12.2 Å². The molecule has 1 aromatic heterocycles. The number of amides is 1. The Labute approximate surface area is 128 Å². The lowest BCUT2D eigenvalue weighted by atomic mass is 10.1. The van der Waals surface area contributed by atoms with Gasteiger partial charge in [0.15, 0.2) is 4.77 Å². The minimum Gasteiger partial charge on any atom is -0.350 e. The van der Waals surface area contributed by atoms with Crippen molar-refractivity contribution in [1.29, 1.82) is 0 Å². The van der Waals surface area contributed by atoms with Crippen LogP contribution in [0.25, 0.3) is 10.9 Å². The average Bonchev–Trinajstić information content (AvgIpc) is 2.36. The first-order valence-electron chi connectivity index (χ1n) is 6.76. The highest BCUT2D eigenvalue weighted by Gasteiger charge is 2.22. The molecule has 0 saturated carbocycles. The lowest BCUT2D eigenvalue weighted by Crippen LogP contribution is -2.45. The first-order valence-corrected chi connectivity index (χ1v) is 7.17. The van der Waals surface area contributed by atoms with Crippen LogP contribution >= 0.6 is 12.2 Å². The quantitative estimate of drug-likeness (QED) is 0.838. The summed E-state index contributed by atoms with van der Waals surface area (Å²) in [6.45, 7) is 7.34. The molecule has 1 heterocycles. The Kier molecular flexibility index (Phi) is 4.00. The van der Waals surface area contributed by atoms with E-state index in [-0.39, 0.29) is 21.8 Å². The van der Waals surface area contributed by atoms with Gasteiger partial charge in [-0.05, 0) is 52.0 Å². The van der Waals surface area contributed by atoms with E-state index in [0.29, 0.717) is 10.9 Å². The van der Waals surface area contributed by atoms with Crippen LogP contribution in [-0.4, -0.2) is 21.0 Å². The highest BCUT2D eigenvalue weighted by Crippen LogP contribution is 2.11. The van der Waals surface area contributed by atoms with E-state index in [0.717, 1.165) is 0 Å². The van der Waals surface area contributed by atoms with Crippen LogP contribution in [0.4, 0.5) is 0 Å². The first kappa shape index (κ1) is 15.4. The van der Waals surface area contributed by atoms with Gasteiger partial charge in [-0.25, -0.2) is 0 Å². The summed E-state index contributed by atoms with van der Waals surface area (Å²) < 4.78 is 1.56. The Morgan fingerprint density at radius 1 is 1.33 bits per heavy atom. The molecule has 1 aromatic carbocycles. The maximum absolute atomic E-state index is 12.6. The number of H-pyrrole nitrogens is 1. The molecule has 1 unspecified atom stereocenters. The number of nitrogens with zero attached hydrogens (tertiary/aromatic N) is 1. The summed E-state index contributed by atoms with van der Waals surface area (Å²) in [5.41, 5.74) is 0.0509. The number of para-hydroxylation sites is 1. The van der Waals surface area contributed by atoms with Crippen molar-refractivity contribution in [1.82, 2.24) is 14.9 Å². The molecule has 112 valence electrons. The second-order valence-electron chi connectivity index (χ2n) is 6.07. The van der Waals surface area contributed by atoms with Crippen LogP contribution in [0.3, 0.4) is 0 Å². The number of hydrogen-bond donors (Lipinski definition) is 2. The van der Waals surface area contributed by atoms with E-state index in [2.05, 4.69) is 10.3 Å². The number of aromatic amines is 1. The zero-order valence-electron chi connectivity index (χ0n) is 12.6. The van der Waals surface area contributed by atoms with Gasteiger partial charge < -0.3 is 10.3 Å². The van der Waals surface area contributed by atoms with Crippen molar-refractivity contribution in [2.75, 3.05) is 0 Å². The second-order valence-corrected chi connectivity index (χ2v) is 6.45. The summed E-state index contributed by atoms with van der Waals surface area (Å²) in [5.74, 6) is -0.237. The number of rotatable bonds is 2. The third-order valence-corrected chi connectivity index (χ3v) is 3.40. The van der Waals surface area contributed by atoms with Crippen LogP contribution in [-0.2, 0) is 4.79 Å². The molecule has 5 nitrogen and oxygen atoms in total. The molecule has 6 heteroatoms. The van der Waals surface area contributed by atoms with Crippen molar-refractivity contribution in [3.8, 4) is 0 Å². The molecular weight excluding hydrogens is 286 g/mol. The Morgan fingerprint density at radius 3 is 2.57 bits per heavy atom. The number of aromatic nitrogens is 2. The van der Waals surface area contributed by atoms with Gasteiger partial charge in [-0.2, -0.15) is 0 Å². The summed E-state index contributed by atoms with van der Waals surface area (Å²) in [5, 5.41) is 3.38. The Hall–Kier alpha value is -1.95. The smallest absolute Gasteiger partial charge is 0.262 e. The summed E-state index contributed by atoms with van der Waals surface area (Å²) in [4.78, 5) is 27.8. The van der Waals surface area contributed by atoms with Crippen LogP contribution in [0.15, 0.2) is 29.1 Å². The van der Waals surface area contributed by atoms with Gasteiger partial charge in [-0.3, -0.25) is 14.2 Å². The summed E-state index contributed by atoms with van der Waals surface area (Å²) in [7, 11) is 0. The number of carbonyl (C=O) groups excluding carboxylic acids is 1. The van der Waals surface area contributed by atoms with Crippen molar-refractivity contribution in [2.45, 2.75) is 39.3 Å². The third kappa shape index (κ3) is 3.21. The molecule has 2 N–H and O–H groups in total. The van der Waals surface area contributed by atoms with E-state index >= 15 is 0 Å². The summed E-state index contributed by atoms with van der Waals surface area (Å²) in [6, 6.07) is 6.44. The van der Waals surface area contributed by atoms with Gasteiger partial charge in [0.2, 0.25) is 5.91 Å². The number of carbonyl (C=O) groups is 1. The van der Waals surface area contributed by atoms with Gasteiger partial charge in [0.05, 0.1) is 10.9 Å². The molecule has 0 spiro atoms. The molecule has 0 aliphatic rings. The van der Waals surface area contributed by atoms with Crippen molar-refractivity contribution in [3.05, 3.63) is 39.4 Å². The van der Waals surface area contributed by atoms with E-state index in [1.54, 1.807) is 25.1 Å². The molecule has 2 rings (SSSR count). The van der Waals surface area contributed by atoms with Crippen molar-refractivity contribution < 1.29 is 4.79 Å². The Bertz CT molecular complexity index is 799. The van der Waals surface area contributed by atoms with Gasteiger partial charge in [0.1, 0.15) is 6.04 Å². The highest BCUT2D eigenvalue weighted by atomic mass is 32.1. The summed E-state index contributed by atoms with van der Waals surface area (Å²) in [6.07, 6.45) is 0. The molecule has 21 heavy (non-hydrogen) atoms. The molecule has 2 aromatic rings. The lowest BCUT2D eigenvalue weighted by Gasteiger charge is -2.24.